The second-order valence-corrected chi connectivity index (χ2v) is 7.05. The average molecular weight is 439 g/mol. The number of furan rings is 1. The van der Waals surface area contributed by atoms with E-state index in [1.54, 1.807) is 28.9 Å². The second kappa shape index (κ2) is 7.97. The molecule has 136 valence electrons. The van der Waals surface area contributed by atoms with Gasteiger partial charge in [-0.25, -0.2) is 0 Å². The Labute approximate surface area is 164 Å². The van der Waals surface area contributed by atoms with Crippen molar-refractivity contribution in [2.75, 3.05) is 0 Å². The van der Waals surface area contributed by atoms with Gasteiger partial charge < -0.3 is 14.5 Å². The van der Waals surface area contributed by atoms with Crippen molar-refractivity contribution in [3.05, 3.63) is 68.8 Å². The minimum absolute atomic E-state index is 0.177. The summed E-state index contributed by atoms with van der Waals surface area (Å²) in [5.74, 6) is 1.02. The number of amides is 1. The molecule has 0 unspecified atom stereocenters. The van der Waals surface area contributed by atoms with E-state index >= 15 is 0 Å². The second-order valence-electron chi connectivity index (χ2n) is 5.73. The Morgan fingerprint density at radius 2 is 2.19 bits per heavy atom. The summed E-state index contributed by atoms with van der Waals surface area (Å²) in [6.07, 6.45) is 1.87. The molecule has 1 N–H and O–H groups in total. The van der Waals surface area contributed by atoms with Gasteiger partial charge in [-0.15, -0.1) is 0 Å². The molecule has 0 bridgehead atoms. The number of carbonyl (C=O) groups excluding carboxylic acids is 1. The van der Waals surface area contributed by atoms with Crippen molar-refractivity contribution in [3.8, 4) is 5.75 Å². The summed E-state index contributed by atoms with van der Waals surface area (Å²) in [6, 6.07) is 8.67. The van der Waals surface area contributed by atoms with Crippen LogP contribution in [-0.4, -0.2) is 15.7 Å². The first kappa shape index (κ1) is 18.5. The average Bonchev–Trinajstić information content (AvgIpc) is 3.18. The first-order chi connectivity index (χ1) is 12.4. The number of nitrogens with zero attached hydrogens (tertiary/aromatic N) is 2. The van der Waals surface area contributed by atoms with Crippen LogP contribution < -0.4 is 10.1 Å². The molecule has 0 fully saturated rings. The zero-order chi connectivity index (χ0) is 18.7. The molecule has 0 aliphatic heterocycles. The Hall–Kier alpha value is -2.25. The van der Waals surface area contributed by atoms with E-state index < -0.39 is 0 Å². The summed E-state index contributed by atoms with van der Waals surface area (Å²) in [5.41, 5.74) is 1.84. The zero-order valence-corrected chi connectivity index (χ0v) is 16.6. The number of hydrogen-bond donors (Lipinski definition) is 1. The third-order valence-electron chi connectivity index (χ3n) is 3.70. The van der Waals surface area contributed by atoms with E-state index in [9.17, 15) is 4.79 Å². The minimum atomic E-state index is -0.291. The number of aromatic nitrogens is 2. The molecule has 1 aromatic carbocycles. The number of halogens is 2. The van der Waals surface area contributed by atoms with Crippen molar-refractivity contribution < 1.29 is 13.9 Å². The Morgan fingerprint density at radius 3 is 2.88 bits per heavy atom. The van der Waals surface area contributed by atoms with E-state index in [-0.39, 0.29) is 18.3 Å². The summed E-state index contributed by atoms with van der Waals surface area (Å²) in [4.78, 5) is 12.2. The molecule has 8 heteroatoms. The number of ether oxygens (including phenoxy) is 1. The number of rotatable bonds is 6. The number of nitrogens with one attached hydrogen (secondary N) is 1. The van der Waals surface area contributed by atoms with Gasteiger partial charge in [0.2, 0.25) is 0 Å². The SMILES string of the molecule is Cc1nn(C)cc1CNC(=O)c1ccc(COc2ccc(Br)cc2Cl)o1. The molecular formula is C18H17BrClN3O3. The van der Waals surface area contributed by atoms with E-state index in [0.717, 1.165) is 15.7 Å². The Bertz CT molecular complexity index is 936. The van der Waals surface area contributed by atoms with Gasteiger partial charge in [0.1, 0.15) is 18.1 Å². The molecule has 0 radical (unpaired) electrons. The predicted molar refractivity (Wildman–Crippen MR) is 101 cm³/mol. The van der Waals surface area contributed by atoms with Gasteiger partial charge in [-0.1, -0.05) is 27.5 Å². The monoisotopic (exact) mass is 437 g/mol. The summed E-state index contributed by atoms with van der Waals surface area (Å²) in [7, 11) is 1.84. The van der Waals surface area contributed by atoms with Crippen molar-refractivity contribution in [1.82, 2.24) is 15.1 Å². The van der Waals surface area contributed by atoms with Gasteiger partial charge in [-0.05, 0) is 37.3 Å². The molecule has 2 heterocycles. The first-order valence-corrected chi connectivity index (χ1v) is 9.03. The molecule has 3 aromatic rings. The van der Waals surface area contributed by atoms with E-state index in [0.29, 0.717) is 23.1 Å². The maximum atomic E-state index is 12.2. The maximum Gasteiger partial charge on any atom is 0.287 e. The minimum Gasteiger partial charge on any atom is -0.484 e. The molecule has 0 spiro atoms. The smallest absolute Gasteiger partial charge is 0.287 e. The van der Waals surface area contributed by atoms with Crippen molar-refractivity contribution in [1.29, 1.82) is 0 Å². The van der Waals surface area contributed by atoms with Gasteiger partial charge >= 0.3 is 0 Å². The standard InChI is InChI=1S/C18H17BrClN3O3/c1-11-12(9-23(2)22-11)8-21-18(24)17-6-4-14(26-17)10-25-16-5-3-13(19)7-15(16)20/h3-7,9H,8,10H2,1-2H3,(H,21,24). The van der Waals surface area contributed by atoms with Crippen LogP contribution in [0.4, 0.5) is 0 Å². The highest BCUT2D eigenvalue weighted by Gasteiger charge is 2.13. The summed E-state index contributed by atoms with van der Waals surface area (Å²) >= 11 is 9.45. The lowest BCUT2D eigenvalue weighted by Crippen LogP contribution is -2.22. The lowest BCUT2D eigenvalue weighted by molar-refractivity contribution is 0.0919. The Balaban J connectivity index is 1.56. The third kappa shape index (κ3) is 4.47. The Morgan fingerprint density at radius 1 is 1.38 bits per heavy atom. The molecule has 3 rings (SSSR count). The fraction of sp³-hybridized carbons (Fsp3) is 0.222. The number of hydrogen-bond acceptors (Lipinski definition) is 4. The van der Waals surface area contributed by atoms with Crippen molar-refractivity contribution in [2.45, 2.75) is 20.1 Å². The lowest BCUT2D eigenvalue weighted by atomic mass is 10.2. The number of benzene rings is 1. The summed E-state index contributed by atoms with van der Waals surface area (Å²) < 4.78 is 13.8. The molecule has 6 nitrogen and oxygen atoms in total. The van der Waals surface area contributed by atoms with E-state index in [1.165, 1.54) is 0 Å². The molecule has 2 aromatic heterocycles. The van der Waals surface area contributed by atoms with Gasteiger partial charge in [-0.3, -0.25) is 9.48 Å². The predicted octanol–water partition coefficient (Wildman–Crippen LogP) is 4.25. The van der Waals surface area contributed by atoms with Crippen LogP contribution in [0.25, 0.3) is 0 Å². The van der Waals surface area contributed by atoms with Crippen LogP contribution in [0.2, 0.25) is 5.02 Å². The number of aryl methyl sites for hydroxylation is 2. The highest BCUT2D eigenvalue weighted by atomic mass is 79.9. The summed E-state index contributed by atoms with van der Waals surface area (Å²) in [5, 5.41) is 7.56. The highest BCUT2D eigenvalue weighted by Crippen LogP contribution is 2.28. The number of carbonyl (C=O) groups is 1. The van der Waals surface area contributed by atoms with Gasteiger partial charge in [-0.2, -0.15) is 5.10 Å². The fourth-order valence-electron chi connectivity index (χ4n) is 2.40. The van der Waals surface area contributed by atoms with Crippen LogP contribution in [-0.2, 0) is 20.2 Å². The molecule has 0 saturated heterocycles. The lowest BCUT2D eigenvalue weighted by Gasteiger charge is -2.06. The molecule has 0 atom stereocenters. The van der Waals surface area contributed by atoms with Crippen molar-refractivity contribution >= 4 is 33.4 Å². The van der Waals surface area contributed by atoms with Crippen LogP contribution in [0.5, 0.6) is 5.75 Å². The van der Waals surface area contributed by atoms with Crippen LogP contribution in [0.1, 0.15) is 27.6 Å². The zero-order valence-electron chi connectivity index (χ0n) is 14.3. The molecular weight excluding hydrogens is 422 g/mol. The quantitative estimate of drug-likeness (QED) is 0.625. The van der Waals surface area contributed by atoms with Crippen LogP contribution in [0.3, 0.4) is 0 Å². The van der Waals surface area contributed by atoms with E-state index in [1.807, 2.05) is 26.2 Å². The van der Waals surface area contributed by atoms with Crippen LogP contribution in [0.15, 0.2) is 45.4 Å². The van der Waals surface area contributed by atoms with E-state index in [2.05, 4.69) is 26.3 Å². The van der Waals surface area contributed by atoms with E-state index in [4.69, 9.17) is 20.8 Å². The largest absolute Gasteiger partial charge is 0.484 e. The molecule has 1 amide bonds. The fourth-order valence-corrected chi connectivity index (χ4v) is 3.13. The van der Waals surface area contributed by atoms with Gasteiger partial charge in [0.25, 0.3) is 5.91 Å². The summed E-state index contributed by atoms with van der Waals surface area (Å²) in [6.45, 7) is 2.47. The Kier molecular flexibility index (Phi) is 5.68. The topological polar surface area (TPSA) is 69.3 Å². The first-order valence-electron chi connectivity index (χ1n) is 7.86. The van der Waals surface area contributed by atoms with Gasteiger partial charge in [0, 0.05) is 29.8 Å². The molecule has 0 saturated carbocycles. The van der Waals surface area contributed by atoms with Crippen LogP contribution >= 0.6 is 27.5 Å². The van der Waals surface area contributed by atoms with Crippen molar-refractivity contribution in [3.63, 3.8) is 0 Å². The van der Waals surface area contributed by atoms with Gasteiger partial charge in [0.15, 0.2) is 5.76 Å². The van der Waals surface area contributed by atoms with Gasteiger partial charge in [0.05, 0.1) is 10.7 Å². The van der Waals surface area contributed by atoms with Crippen LogP contribution in [0, 0.1) is 6.92 Å². The highest BCUT2D eigenvalue weighted by molar-refractivity contribution is 9.10. The maximum absolute atomic E-state index is 12.2. The molecule has 0 aliphatic rings. The van der Waals surface area contributed by atoms with Crippen molar-refractivity contribution in [2.24, 2.45) is 7.05 Å². The molecule has 0 aliphatic carbocycles. The molecule has 26 heavy (non-hydrogen) atoms. The third-order valence-corrected chi connectivity index (χ3v) is 4.49. The normalized spacial score (nSPS) is 10.8.